The smallest absolute Gasteiger partial charge is 0.344 e. The SMILES string of the molecule is Cc1cccc(NC(=O)C(C)OC(=O)COc2ccc(C)c(C)c2)c1. The van der Waals surface area contributed by atoms with Gasteiger partial charge in [-0.3, -0.25) is 4.79 Å². The molecule has 0 fully saturated rings. The zero-order valence-corrected chi connectivity index (χ0v) is 15.0. The molecular weight excluding hydrogens is 318 g/mol. The normalized spacial score (nSPS) is 11.5. The Labute approximate surface area is 148 Å². The number of carbonyl (C=O) groups is 2. The maximum Gasteiger partial charge on any atom is 0.344 e. The summed E-state index contributed by atoms with van der Waals surface area (Å²) in [5.41, 5.74) is 3.93. The second-order valence-corrected chi connectivity index (χ2v) is 6.03. The maximum atomic E-state index is 12.1. The van der Waals surface area contributed by atoms with E-state index in [4.69, 9.17) is 9.47 Å². The highest BCUT2D eigenvalue weighted by Gasteiger charge is 2.18. The zero-order valence-electron chi connectivity index (χ0n) is 15.0. The molecule has 0 saturated carbocycles. The van der Waals surface area contributed by atoms with Gasteiger partial charge in [0.2, 0.25) is 0 Å². The molecule has 2 aromatic carbocycles. The van der Waals surface area contributed by atoms with Gasteiger partial charge in [-0.2, -0.15) is 0 Å². The van der Waals surface area contributed by atoms with Crippen LogP contribution in [0.15, 0.2) is 42.5 Å². The van der Waals surface area contributed by atoms with Gasteiger partial charge in [-0.25, -0.2) is 4.79 Å². The summed E-state index contributed by atoms with van der Waals surface area (Å²) in [6.45, 7) is 7.19. The fourth-order valence-corrected chi connectivity index (χ4v) is 2.20. The molecule has 5 heteroatoms. The summed E-state index contributed by atoms with van der Waals surface area (Å²) >= 11 is 0. The van der Waals surface area contributed by atoms with Crippen LogP contribution in [0.1, 0.15) is 23.6 Å². The van der Waals surface area contributed by atoms with E-state index in [1.165, 1.54) is 6.92 Å². The van der Waals surface area contributed by atoms with Gasteiger partial charge in [0, 0.05) is 5.69 Å². The van der Waals surface area contributed by atoms with Gasteiger partial charge in [-0.15, -0.1) is 0 Å². The molecule has 2 aromatic rings. The van der Waals surface area contributed by atoms with E-state index < -0.39 is 12.1 Å². The van der Waals surface area contributed by atoms with Crippen LogP contribution in [0, 0.1) is 20.8 Å². The van der Waals surface area contributed by atoms with Crippen LogP contribution in [-0.2, 0) is 14.3 Å². The van der Waals surface area contributed by atoms with Crippen molar-refractivity contribution in [2.45, 2.75) is 33.8 Å². The second-order valence-electron chi connectivity index (χ2n) is 6.03. The molecule has 0 saturated heterocycles. The molecule has 0 heterocycles. The van der Waals surface area contributed by atoms with E-state index in [1.807, 2.05) is 51.1 Å². The maximum absolute atomic E-state index is 12.1. The molecule has 25 heavy (non-hydrogen) atoms. The number of rotatable bonds is 6. The Morgan fingerprint density at radius 2 is 1.80 bits per heavy atom. The molecule has 5 nitrogen and oxygen atoms in total. The molecule has 2 rings (SSSR count). The summed E-state index contributed by atoms with van der Waals surface area (Å²) < 4.78 is 10.5. The molecule has 1 unspecified atom stereocenters. The van der Waals surface area contributed by atoms with Gasteiger partial charge in [-0.05, 0) is 68.7 Å². The summed E-state index contributed by atoms with van der Waals surface area (Å²) in [6.07, 6.45) is -0.906. The number of hydrogen-bond acceptors (Lipinski definition) is 4. The van der Waals surface area contributed by atoms with Crippen LogP contribution in [0.4, 0.5) is 5.69 Å². The second kappa shape index (κ2) is 8.33. The number of nitrogens with one attached hydrogen (secondary N) is 1. The van der Waals surface area contributed by atoms with Crippen molar-refractivity contribution in [2.24, 2.45) is 0 Å². The average Bonchev–Trinajstić information content (AvgIpc) is 2.56. The Balaban J connectivity index is 1.82. The highest BCUT2D eigenvalue weighted by Crippen LogP contribution is 2.16. The van der Waals surface area contributed by atoms with E-state index >= 15 is 0 Å². The zero-order chi connectivity index (χ0) is 18.4. The van der Waals surface area contributed by atoms with Crippen LogP contribution >= 0.6 is 0 Å². The molecule has 0 bridgehead atoms. The number of carbonyl (C=O) groups excluding carboxylic acids is 2. The first-order chi connectivity index (χ1) is 11.8. The van der Waals surface area contributed by atoms with Gasteiger partial charge in [-0.1, -0.05) is 18.2 Å². The van der Waals surface area contributed by atoms with Gasteiger partial charge >= 0.3 is 5.97 Å². The topological polar surface area (TPSA) is 64.6 Å². The van der Waals surface area contributed by atoms with Crippen molar-refractivity contribution in [2.75, 3.05) is 11.9 Å². The molecule has 132 valence electrons. The minimum Gasteiger partial charge on any atom is -0.482 e. The summed E-state index contributed by atoms with van der Waals surface area (Å²) in [4.78, 5) is 23.9. The Morgan fingerprint density at radius 3 is 2.48 bits per heavy atom. The largest absolute Gasteiger partial charge is 0.482 e. The van der Waals surface area contributed by atoms with Crippen LogP contribution < -0.4 is 10.1 Å². The molecule has 1 atom stereocenters. The third-order valence-electron chi connectivity index (χ3n) is 3.80. The number of aryl methyl sites for hydroxylation is 3. The summed E-state index contributed by atoms with van der Waals surface area (Å²) in [6, 6.07) is 13.0. The van der Waals surface area contributed by atoms with Crippen molar-refractivity contribution in [3.8, 4) is 5.75 Å². The van der Waals surface area contributed by atoms with Gasteiger partial charge in [0.05, 0.1) is 0 Å². The van der Waals surface area contributed by atoms with Crippen molar-refractivity contribution >= 4 is 17.6 Å². The van der Waals surface area contributed by atoms with E-state index in [-0.39, 0.29) is 12.5 Å². The predicted octanol–water partition coefficient (Wildman–Crippen LogP) is 3.56. The van der Waals surface area contributed by atoms with E-state index in [9.17, 15) is 9.59 Å². The first kappa shape index (κ1) is 18.5. The molecule has 0 aliphatic heterocycles. The van der Waals surface area contributed by atoms with E-state index in [2.05, 4.69) is 5.32 Å². The lowest BCUT2D eigenvalue weighted by Crippen LogP contribution is -2.31. The van der Waals surface area contributed by atoms with Crippen molar-refractivity contribution in [1.29, 1.82) is 0 Å². The minimum absolute atomic E-state index is 0.245. The van der Waals surface area contributed by atoms with Crippen molar-refractivity contribution in [3.63, 3.8) is 0 Å². The lowest BCUT2D eigenvalue weighted by atomic mass is 10.1. The fourth-order valence-electron chi connectivity index (χ4n) is 2.20. The standard InChI is InChI=1S/C20H23NO4/c1-13-6-5-7-17(10-13)21-20(23)16(4)25-19(22)12-24-18-9-8-14(2)15(3)11-18/h5-11,16H,12H2,1-4H3,(H,21,23). The third-order valence-corrected chi connectivity index (χ3v) is 3.80. The highest BCUT2D eigenvalue weighted by molar-refractivity contribution is 5.95. The van der Waals surface area contributed by atoms with Crippen molar-refractivity contribution in [1.82, 2.24) is 0 Å². The van der Waals surface area contributed by atoms with Crippen LogP contribution in [0.3, 0.4) is 0 Å². The molecule has 0 spiro atoms. The number of amides is 1. The number of esters is 1. The summed E-state index contributed by atoms with van der Waals surface area (Å²) in [5, 5.41) is 2.72. The molecule has 0 aliphatic carbocycles. The quantitative estimate of drug-likeness (QED) is 0.816. The van der Waals surface area contributed by atoms with Crippen LogP contribution in [-0.4, -0.2) is 24.6 Å². The lowest BCUT2D eigenvalue weighted by molar-refractivity contribution is -0.155. The van der Waals surface area contributed by atoms with Crippen LogP contribution in [0.25, 0.3) is 0 Å². The molecule has 1 amide bonds. The molecule has 1 N–H and O–H groups in total. The molecule has 0 aliphatic rings. The summed E-state index contributed by atoms with van der Waals surface area (Å²) in [7, 11) is 0. The predicted molar refractivity (Wildman–Crippen MR) is 96.8 cm³/mol. The third kappa shape index (κ3) is 5.64. The van der Waals surface area contributed by atoms with Crippen LogP contribution in [0.5, 0.6) is 5.75 Å². The van der Waals surface area contributed by atoms with Gasteiger partial charge in [0.15, 0.2) is 12.7 Å². The Morgan fingerprint density at radius 1 is 1.04 bits per heavy atom. The monoisotopic (exact) mass is 341 g/mol. The van der Waals surface area contributed by atoms with Crippen molar-refractivity contribution in [3.05, 3.63) is 59.2 Å². The molecule has 0 radical (unpaired) electrons. The number of anilines is 1. The van der Waals surface area contributed by atoms with E-state index in [1.54, 1.807) is 12.1 Å². The van der Waals surface area contributed by atoms with Gasteiger partial charge < -0.3 is 14.8 Å². The molecule has 0 aromatic heterocycles. The number of benzene rings is 2. The number of ether oxygens (including phenoxy) is 2. The van der Waals surface area contributed by atoms with Crippen molar-refractivity contribution < 1.29 is 19.1 Å². The van der Waals surface area contributed by atoms with Crippen LogP contribution in [0.2, 0.25) is 0 Å². The first-order valence-electron chi connectivity index (χ1n) is 8.12. The number of hydrogen-bond donors (Lipinski definition) is 1. The van der Waals surface area contributed by atoms with E-state index in [0.29, 0.717) is 11.4 Å². The van der Waals surface area contributed by atoms with E-state index in [0.717, 1.165) is 16.7 Å². The Bertz CT molecular complexity index is 770. The Kier molecular flexibility index (Phi) is 6.17. The fraction of sp³-hybridized carbons (Fsp3) is 0.300. The first-order valence-corrected chi connectivity index (χ1v) is 8.12. The summed E-state index contributed by atoms with van der Waals surface area (Å²) in [5.74, 6) is -0.382. The Hall–Kier alpha value is -2.82. The minimum atomic E-state index is -0.906. The average molecular weight is 341 g/mol. The van der Waals surface area contributed by atoms with Gasteiger partial charge in [0.1, 0.15) is 5.75 Å². The van der Waals surface area contributed by atoms with Gasteiger partial charge in [0.25, 0.3) is 5.91 Å². The lowest BCUT2D eigenvalue weighted by Gasteiger charge is -2.14. The molecular formula is C20H23NO4. The highest BCUT2D eigenvalue weighted by atomic mass is 16.6.